The number of hydrogen-bond donors (Lipinski definition) is 2. The van der Waals surface area contributed by atoms with Crippen molar-refractivity contribution < 1.29 is 27.5 Å². The first-order chi connectivity index (χ1) is 16.7. The molecule has 182 valence electrons. The quantitative estimate of drug-likeness (QED) is 0.518. The van der Waals surface area contributed by atoms with Crippen molar-refractivity contribution in [3.05, 3.63) is 77.4 Å². The number of nitrogens with one attached hydrogen (secondary N) is 2. The van der Waals surface area contributed by atoms with Crippen molar-refractivity contribution in [2.24, 2.45) is 0 Å². The lowest BCUT2D eigenvalue weighted by atomic mass is 10.1. The first-order valence-corrected chi connectivity index (χ1v) is 12.6. The number of anilines is 3. The maximum absolute atomic E-state index is 13.0. The van der Waals surface area contributed by atoms with Crippen LogP contribution in [0, 0.1) is 0 Å². The predicted octanol–water partition coefficient (Wildman–Crippen LogP) is 3.53. The zero-order valence-electron chi connectivity index (χ0n) is 19.5. The van der Waals surface area contributed by atoms with E-state index in [1.54, 1.807) is 54.6 Å². The normalized spacial score (nSPS) is 12.6. The van der Waals surface area contributed by atoms with Crippen molar-refractivity contribution in [2.75, 3.05) is 42.0 Å². The fourth-order valence-corrected chi connectivity index (χ4v) is 4.89. The summed E-state index contributed by atoms with van der Waals surface area (Å²) in [6, 6.07) is 16.8. The predicted molar refractivity (Wildman–Crippen MR) is 134 cm³/mol. The summed E-state index contributed by atoms with van der Waals surface area (Å²) in [5.41, 5.74) is 2.96. The first-order valence-electron chi connectivity index (χ1n) is 10.8. The van der Waals surface area contributed by atoms with Gasteiger partial charge in [0.1, 0.15) is 11.5 Å². The Morgan fingerprint density at radius 1 is 0.829 bits per heavy atom. The molecule has 1 heterocycles. The minimum atomic E-state index is -3.37. The Morgan fingerprint density at radius 2 is 1.40 bits per heavy atom. The zero-order valence-corrected chi connectivity index (χ0v) is 20.3. The van der Waals surface area contributed by atoms with E-state index in [2.05, 4.69) is 10.6 Å². The molecule has 2 N–H and O–H groups in total. The first kappa shape index (κ1) is 24.1. The maximum Gasteiger partial charge on any atom is 0.255 e. The summed E-state index contributed by atoms with van der Waals surface area (Å²) in [7, 11) is -0.461. The molecule has 3 aromatic carbocycles. The van der Waals surface area contributed by atoms with Crippen LogP contribution < -0.4 is 24.4 Å². The van der Waals surface area contributed by atoms with Gasteiger partial charge in [0.15, 0.2) is 0 Å². The third kappa shape index (κ3) is 5.07. The Morgan fingerprint density at radius 3 is 1.94 bits per heavy atom. The van der Waals surface area contributed by atoms with Gasteiger partial charge in [0.2, 0.25) is 10.0 Å². The van der Waals surface area contributed by atoms with Crippen molar-refractivity contribution in [1.29, 1.82) is 0 Å². The second kappa shape index (κ2) is 9.67. The van der Waals surface area contributed by atoms with E-state index in [0.717, 1.165) is 11.8 Å². The van der Waals surface area contributed by atoms with Gasteiger partial charge in [-0.3, -0.25) is 13.9 Å². The van der Waals surface area contributed by atoms with Gasteiger partial charge in [-0.2, -0.15) is 0 Å². The molecular formula is C25H25N3O6S. The highest BCUT2D eigenvalue weighted by Crippen LogP contribution is 2.37. The molecule has 0 saturated carbocycles. The van der Waals surface area contributed by atoms with Crippen LogP contribution in [0.25, 0.3) is 0 Å². The molecule has 0 aromatic heterocycles. The molecule has 10 heteroatoms. The number of sulfonamides is 1. The molecule has 2 amide bonds. The van der Waals surface area contributed by atoms with Crippen LogP contribution in [0.3, 0.4) is 0 Å². The molecule has 3 aromatic rings. The molecular weight excluding hydrogens is 470 g/mol. The van der Waals surface area contributed by atoms with Crippen LogP contribution in [0.1, 0.15) is 26.3 Å². The zero-order chi connectivity index (χ0) is 25.2. The van der Waals surface area contributed by atoms with Gasteiger partial charge < -0.3 is 20.1 Å². The Bertz CT molecular complexity index is 1390. The summed E-state index contributed by atoms with van der Waals surface area (Å²) in [5, 5.41) is 5.61. The van der Waals surface area contributed by atoms with Gasteiger partial charge in [-0.15, -0.1) is 0 Å². The number of benzene rings is 3. The van der Waals surface area contributed by atoms with Gasteiger partial charge in [0, 0.05) is 29.8 Å². The Balaban J connectivity index is 1.57. The Kier molecular flexibility index (Phi) is 6.65. The molecule has 1 aliphatic heterocycles. The number of carbonyl (C=O) groups is 2. The lowest BCUT2D eigenvalue weighted by Crippen LogP contribution is -2.27. The number of carbonyl (C=O) groups excluding carboxylic acids is 2. The number of rotatable bonds is 7. The van der Waals surface area contributed by atoms with Gasteiger partial charge in [-0.05, 0) is 42.3 Å². The summed E-state index contributed by atoms with van der Waals surface area (Å²) in [6.45, 7) is 0.348. The molecule has 0 unspecified atom stereocenters. The smallest absolute Gasteiger partial charge is 0.255 e. The fraction of sp³-hybridized carbons (Fsp3) is 0.200. The molecule has 0 bridgehead atoms. The second-order valence-electron chi connectivity index (χ2n) is 7.96. The van der Waals surface area contributed by atoms with Crippen LogP contribution in [0.15, 0.2) is 60.7 Å². The maximum atomic E-state index is 13.0. The van der Waals surface area contributed by atoms with Crippen LogP contribution in [0.4, 0.5) is 17.1 Å². The van der Waals surface area contributed by atoms with Crippen LogP contribution in [-0.2, 0) is 16.4 Å². The summed E-state index contributed by atoms with van der Waals surface area (Å²) in [5.74, 6) is -0.0499. The lowest BCUT2D eigenvalue weighted by molar-refractivity contribution is 0.101. The molecule has 0 saturated heterocycles. The van der Waals surface area contributed by atoms with Crippen LogP contribution in [-0.4, -0.2) is 47.3 Å². The average molecular weight is 496 g/mol. The molecule has 9 nitrogen and oxygen atoms in total. The number of hydrogen-bond acceptors (Lipinski definition) is 6. The van der Waals surface area contributed by atoms with E-state index in [1.165, 1.54) is 18.5 Å². The van der Waals surface area contributed by atoms with Crippen molar-refractivity contribution in [2.45, 2.75) is 6.42 Å². The van der Waals surface area contributed by atoms with E-state index in [0.29, 0.717) is 52.7 Å². The van der Waals surface area contributed by atoms with Crippen molar-refractivity contribution in [3.8, 4) is 11.5 Å². The highest BCUT2D eigenvalue weighted by molar-refractivity contribution is 7.92. The summed E-state index contributed by atoms with van der Waals surface area (Å²) >= 11 is 0. The van der Waals surface area contributed by atoms with Crippen molar-refractivity contribution >= 4 is 38.9 Å². The van der Waals surface area contributed by atoms with Crippen molar-refractivity contribution in [1.82, 2.24) is 0 Å². The van der Waals surface area contributed by atoms with Gasteiger partial charge in [-0.1, -0.05) is 18.2 Å². The van der Waals surface area contributed by atoms with Crippen LogP contribution >= 0.6 is 0 Å². The topological polar surface area (TPSA) is 114 Å². The summed E-state index contributed by atoms with van der Waals surface area (Å²) in [4.78, 5) is 25.6. The van der Waals surface area contributed by atoms with Gasteiger partial charge in [0.25, 0.3) is 11.8 Å². The molecule has 0 radical (unpaired) electrons. The number of ether oxygens (including phenoxy) is 2. The molecule has 0 spiro atoms. The van der Waals surface area contributed by atoms with E-state index >= 15 is 0 Å². The highest BCUT2D eigenvalue weighted by Gasteiger charge is 2.27. The van der Waals surface area contributed by atoms with E-state index in [9.17, 15) is 18.0 Å². The van der Waals surface area contributed by atoms with E-state index in [1.807, 2.05) is 6.07 Å². The Hall–Kier alpha value is -4.05. The summed E-state index contributed by atoms with van der Waals surface area (Å²) in [6.07, 6.45) is 1.69. The third-order valence-electron chi connectivity index (χ3n) is 5.65. The molecule has 35 heavy (non-hydrogen) atoms. The molecule has 1 aliphatic rings. The molecule has 0 fully saturated rings. The highest BCUT2D eigenvalue weighted by atomic mass is 32.2. The number of amides is 2. The third-order valence-corrected chi connectivity index (χ3v) is 6.83. The van der Waals surface area contributed by atoms with Crippen molar-refractivity contribution in [3.63, 3.8) is 0 Å². The van der Waals surface area contributed by atoms with E-state index < -0.39 is 15.9 Å². The molecule has 4 rings (SSSR count). The molecule has 0 atom stereocenters. The minimum absolute atomic E-state index is 0.316. The fourth-order valence-electron chi connectivity index (χ4n) is 3.93. The SMILES string of the molecule is COc1cc(NC(=O)c2ccc3c(c2)CCN3S(C)(=O)=O)c(OC)cc1NC(=O)c1ccccc1. The van der Waals surface area contributed by atoms with Gasteiger partial charge >= 0.3 is 0 Å². The van der Waals surface area contributed by atoms with E-state index in [4.69, 9.17) is 9.47 Å². The van der Waals surface area contributed by atoms with Gasteiger partial charge in [-0.25, -0.2) is 8.42 Å². The second-order valence-corrected chi connectivity index (χ2v) is 9.86. The number of fused-ring (bicyclic) bond motifs is 1. The standard InChI is InChI=1S/C25H25N3O6S/c1-33-22-15-20(23(34-2)14-19(22)26-24(29)16-7-5-4-6-8-16)27-25(30)18-9-10-21-17(13-18)11-12-28(21)35(3,31)32/h4-10,13-15H,11-12H2,1-3H3,(H,26,29)(H,27,30). The Labute approximate surface area is 203 Å². The number of nitrogens with zero attached hydrogens (tertiary/aromatic N) is 1. The van der Waals surface area contributed by atoms with Gasteiger partial charge in [0.05, 0.1) is 37.5 Å². The van der Waals surface area contributed by atoms with Crippen LogP contribution in [0.5, 0.6) is 11.5 Å². The minimum Gasteiger partial charge on any atom is -0.494 e. The van der Waals surface area contributed by atoms with E-state index in [-0.39, 0.29) is 5.91 Å². The monoisotopic (exact) mass is 495 g/mol. The number of methoxy groups -OCH3 is 2. The average Bonchev–Trinajstić information content (AvgIpc) is 3.29. The summed E-state index contributed by atoms with van der Waals surface area (Å²) < 4.78 is 36.1. The molecule has 0 aliphatic carbocycles. The van der Waals surface area contributed by atoms with Crippen LogP contribution in [0.2, 0.25) is 0 Å². The lowest BCUT2D eigenvalue weighted by Gasteiger charge is -2.17. The largest absolute Gasteiger partial charge is 0.494 e.